The van der Waals surface area contributed by atoms with Crippen LogP contribution in [0.2, 0.25) is 5.02 Å². The number of nitrogens with zero attached hydrogens (tertiary/aromatic N) is 2. The van der Waals surface area contributed by atoms with Crippen molar-refractivity contribution in [2.45, 2.75) is 95.0 Å². The van der Waals surface area contributed by atoms with Crippen LogP contribution in [0.4, 0.5) is 5.69 Å². The topological polar surface area (TPSA) is 97.3 Å². The van der Waals surface area contributed by atoms with E-state index in [4.69, 9.17) is 21.1 Å². The maximum Gasteiger partial charge on any atom is 0.286 e. The van der Waals surface area contributed by atoms with Gasteiger partial charge in [-0.15, -0.1) is 4.36 Å². The van der Waals surface area contributed by atoms with E-state index in [-0.39, 0.29) is 23.2 Å². The number of hydrogen-bond acceptors (Lipinski definition) is 6. The number of ether oxygens (including phenoxy) is 2. The number of amides is 2. The SMILES string of the molecule is CO[C@H]1/C=C/CCC[S@@](=O)(NC(=O)CCC2CCCC2)=NC(=O)c2ccc3c(c2)N(C[C@@H]2CC[C@H]21)C[C@@]1(CCCc2cc(Cl)ccc21)CO3. The van der Waals surface area contributed by atoms with Crippen molar-refractivity contribution in [2.75, 3.05) is 37.5 Å². The van der Waals surface area contributed by atoms with E-state index < -0.39 is 15.8 Å². The number of allylic oxidation sites excluding steroid dienone is 1. The van der Waals surface area contributed by atoms with Crippen molar-refractivity contribution >= 4 is 39.0 Å². The third kappa shape index (κ3) is 7.59. The maximum atomic E-state index is 14.2. The maximum absolute atomic E-state index is 14.2. The number of benzene rings is 2. The molecule has 2 aliphatic heterocycles. The lowest BCUT2D eigenvalue weighted by atomic mass is 9.68. The molecule has 2 bridgehead atoms. The highest BCUT2D eigenvalue weighted by Crippen LogP contribution is 2.47. The number of hydrogen-bond donors (Lipinski definition) is 1. The Labute approximate surface area is 296 Å². The van der Waals surface area contributed by atoms with E-state index in [0.29, 0.717) is 49.2 Å². The molecule has 0 radical (unpaired) electrons. The van der Waals surface area contributed by atoms with Crippen molar-refractivity contribution in [3.8, 4) is 5.75 Å². The molecule has 10 heteroatoms. The largest absolute Gasteiger partial charge is 0.490 e. The zero-order valence-electron chi connectivity index (χ0n) is 28.7. The molecule has 5 aliphatic rings. The Morgan fingerprint density at radius 2 is 1.98 bits per heavy atom. The number of aryl methyl sites for hydroxylation is 1. The minimum atomic E-state index is -3.33. The van der Waals surface area contributed by atoms with Gasteiger partial charge in [0.1, 0.15) is 15.7 Å². The number of carbonyl (C=O) groups excluding carboxylic acids is 2. The second-order valence-corrected chi connectivity index (χ2v) is 17.5. The van der Waals surface area contributed by atoms with Crippen molar-refractivity contribution in [3.05, 3.63) is 70.3 Å². The Morgan fingerprint density at radius 3 is 2.78 bits per heavy atom. The van der Waals surface area contributed by atoms with E-state index in [2.05, 4.69) is 38.3 Å². The van der Waals surface area contributed by atoms with E-state index in [9.17, 15) is 13.8 Å². The van der Waals surface area contributed by atoms with Crippen LogP contribution in [0.15, 0.2) is 52.9 Å². The Balaban J connectivity index is 1.24. The standard InChI is InChI=1S/C39H50ClN3O5S/c1-47-35-11-3-2-6-21-49(46,41-37(44)19-12-27-8-4-5-9-27)42-38(45)29-14-18-36-34(23-29)43(24-30-13-16-32(30)35)25-39(26-48-36)20-7-10-28-22-31(40)15-17-33(28)39/h3,11,14-15,17-18,22-23,27,30,32,35H,2,4-10,12-13,16,19-21,24-26H2,1H3,(H,41,42,44,45,46)/b11-3+/t30-,32+,35-,39-,49+/m0/s1. The third-order valence-electron chi connectivity index (χ3n) is 11.8. The molecule has 5 atom stereocenters. The normalized spacial score (nSPS) is 31.0. The Bertz CT molecular complexity index is 1710. The molecule has 49 heavy (non-hydrogen) atoms. The van der Waals surface area contributed by atoms with Gasteiger partial charge >= 0.3 is 0 Å². The molecule has 1 N–H and O–H groups in total. The van der Waals surface area contributed by atoms with Gasteiger partial charge in [-0.2, -0.15) is 0 Å². The van der Waals surface area contributed by atoms with Crippen LogP contribution in [0.5, 0.6) is 5.75 Å². The first kappa shape index (κ1) is 34.6. The van der Waals surface area contributed by atoms with Crippen LogP contribution in [-0.2, 0) is 31.3 Å². The molecule has 8 nitrogen and oxygen atoms in total. The Morgan fingerprint density at radius 1 is 1.12 bits per heavy atom. The summed E-state index contributed by atoms with van der Waals surface area (Å²) >= 11 is 6.45. The van der Waals surface area contributed by atoms with Crippen molar-refractivity contribution < 1.29 is 23.3 Å². The molecule has 2 aromatic carbocycles. The smallest absolute Gasteiger partial charge is 0.286 e. The highest BCUT2D eigenvalue weighted by atomic mass is 35.5. The molecular weight excluding hydrogens is 658 g/mol. The Kier molecular flexibility index (Phi) is 10.4. The molecule has 2 heterocycles. The Hall–Kier alpha value is -2.88. The van der Waals surface area contributed by atoms with E-state index in [1.54, 1.807) is 13.2 Å². The first-order valence-corrected chi connectivity index (χ1v) is 20.4. The van der Waals surface area contributed by atoms with Gasteiger partial charge in [0, 0.05) is 42.6 Å². The monoisotopic (exact) mass is 707 g/mol. The number of rotatable bonds is 5. The molecular formula is C39H50ClN3O5S. The van der Waals surface area contributed by atoms with E-state index >= 15 is 0 Å². The number of methoxy groups -OCH3 is 1. The number of halogens is 1. The highest BCUT2D eigenvalue weighted by molar-refractivity contribution is 7.92. The lowest BCUT2D eigenvalue weighted by molar-refractivity contribution is -0.119. The van der Waals surface area contributed by atoms with Crippen LogP contribution in [0.1, 0.15) is 98.5 Å². The zero-order valence-corrected chi connectivity index (χ0v) is 30.2. The molecule has 2 aromatic rings. The zero-order chi connectivity index (χ0) is 34.0. The lowest BCUT2D eigenvalue weighted by Crippen LogP contribution is -2.49. The molecule has 2 saturated carbocycles. The molecule has 7 rings (SSSR count). The molecule has 0 aromatic heterocycles. The average Bonchev–Trinajstić information content (AvgIpc) is 3.55. The van der Waals surface area contributed by atoms with Crippen molar-refractivity contribution in [3.63, 3.8) is 0 Å². The quantitative estimate of drug-likeness (QED) is 0.319. The van der Waals surface area contributed by atoms with Gasteiger partial charge in [0.25, 0.3) is 5.91 Å². The van der Waals surface area contributed by atoms with E-state index in [0.717, 1.165) is 80.9 Å². The van der Waals surface area contributed by atoms with Gasteiger partial charge < -0.3 is 14.4 Å². The van der Waals surface area contributed by atoms with Gasteiger partial charge in [-0.3, -0.25) is 14.3 Å². The van der Waals surface area contributed by atoms with E-state index in [1.165, 1.54) is 24.0 Å². The summed E-state index contributed by atoms with van der Waals surface area (Å²) in [6, 6.07) is 11.7. The van der Waals surface area contributed by atoms with Gasteiger partial charge in [-0.25, -0.2) is 4.21 Å². The van der Waals surface area contributed by atoms with Crippen LogP contribution in [0.3, 0.4) is 0 Å². The molecule has 3 aliphatic carbocycles. The van der Waals surface area contributed by atoms with Gasteiger partial charge in [-0.1, -0.05) is 55.5 Å². The molecule has 264 valence electrons. The molecule has 1 spiro atoms. The third-order valence-corrected chi connectivity index (χ3v) is 13.9. The first-order chi connectivity index (χ1) is 23.7. The van der Waals surface area contributed by atoms with Crippen molar-refractivity contribution in [1.82, 2.24) is 4.72 Å². The van der Waals surface area contributed by atoms with Crippen molar-refractivity contribution in [1.29, 1.82) is 0 Å². The van der Waals surface area contributed by atoms with Crippen LogP contribution < -0.4 is 14.4 Å². The number of fused-ring (bicyclic) bond motifs is 4. The lowest BCUT2D eigenvalue weighted by Gasteiger charge is -2.46. The van der Waals surface area contributed by atoms with E-state index in [1.807, 2.05) is 18.2 Å². The van der Waals surface area contributed by atoms with Crippen molar-refractivity contribution in [2.24, 2.45) is 22.1 Å². The highest BCUT2D eigenvalue weighted by Gasteiger charge is 2.44. The summed E-state index contributed by atoms with van der Waals surface area (Å²) in [7, 11) is -1.55. The second kappa shape index (κ2) is 14.8. The summed E-state index contributed by atoms with van der Waals surface area (Å²) in [5, 5.41) is 0.753. The number of nitrogens with one attached hydrogen (secondary N) is 1. The van der Waals surface area contributed by atoms with Gasteiger partial charge in [0.05, 0.1) is 24.2 Å². The summed E-state index contributed by atoms with van der Waals surface area (Å²) in [6.07, 6.45) is 16.4. The minimum Gasteiger partial charge on any atom is -0.490 e. The fraction of sp³-hybridized carbons (Fsp3) is 0.590. The summed E-state index contributed by atoms with van der Waals surface area (Å²) in [5.74, 6) is 1.29. The predicted octanol–water partition coefficient (Wildman–Crippen LogP) is 7.81. The average molecular weight is 708 g/mol. The van der Waals surface area contributed by atoms with Gasteiger partial charge in [0.2, 0.25) is 5.91 Å². The van der Waals surface area contributed by atoms with Crippen LogP contribution in [0.25, 0.3) is 0 Å². The van der Waals surface area contributed by atoms with Crippen LogP contribution in [0, 0.1) is 17.8 Å². The minimum absolute atomic E-state index is 0.0156. The fourth-order valence-electron chi connectivity index (χ4n) is 8.98. The molecule has 2 amide bonds. The molecule has 0 unspecified atom stereocenters. The molecule has 2 fully saturated rings. The summed E-state index contributed by atoms with van der Waals surface area (Å²) in [4.78, 5) is 29.3. The number of anilines is 1. The van der Waals surface area contributed by atoms with Gasteiger partial charge in [-0.05, 0) is 111 Å². The summed E-state index contributed by atoms with van der Waals surface area (Å²) in [6.45, 7) is 2.08. The fourth-order valence-corrected chi connectivity index (χ4v) is 10.8. The second-order valence-electron chi connectivity index (χ2n) is 15.0. The molecule has 0 saturated heterocycles. The van der Waals surface area contributed by atoms with Crippen LogP contribution in [-0.4, -0.2) is 54.7 Å². The predicted molar refractivity (Wildman–Crippen MR) is 195 cm³/mol. The first-order valence-electron chi connectivity index (χ1n) is 18.3. The summed E-state index contributed by atoms with van der Waals surface area (Å²) < 4.78 is 33.9. The number of carbonyl (C=O) groups is 2. The van der Waals surface area contributed by atoms with Crippen LogP contribution >= 0.6 is 11.6 Å². The summed E-state index contributed by atoms with van der Waals surface area (Å²) in [5.41, 5.74) is 3.54. The van der Waals surface area contributed by atoms with Gasteiger partial charge in [0.15, 0.2) is 0 Å².